The number of rotatable bonds is 6. The van der Waals surface area contributed by atoms with Gasteiger partial charge in [0.2, 0.25) is 11.6 Å². The van der Waals surface area contributed by atoms with E-state index in [1.54, 1.807) is 0 Å². The SMILES string of the molecule is C[Si](C)(OCc1c(F)c(F)c(F)c(F)c1F)OCc1c(F)c(F)c(F)c(F)c1F. The summed E-state index contributed by atoms with van der Waals surface area (Å²) in [5, 5.41) is 0. The normalized spacial score (nSPS) is 12.0. The summed E-state index contributed by atoms with van der Waals surface area (Å²) in [7, 11) is -3.60. The maximum atomic E-state index is 13.6. The van der Waals surface area contributed by atoms with Crippen LogP contribution in [0.25, 0.3) is 0 Å². The van der Waals surface area contributed by atoms with Crippen LogP contribution in [-0.2, 0) is 22.1 Å². The molecule has 0 fully saturated rings. The van der Waals surface area contributed by atoms with Crippen LogP contribution in [0.1, 0.15) is 11.1 Å². The molecule has 0 radical (unpaired) electrons. The van der Waals surface area contributed by atoms with E-state index in [2.05, 4.69) is 0 Å². The summed E-state index contributed by atoms with van der Waals surface area (Å²) in [5.74, 6) is -22.2. The van der Waals surface area contributed by atoms with E-state index in [1.165, 1.54) is 0 Å². The minimum Gasteiger partial charge on any atom is -0.390 e. The Bertz CT molecular complexity index is 830. The van der Waals surface area contributed by atoms with Crippen LogP contribution in [0.2, 0.25) is 13.1 Å². The van der Waals surface area contributed by atoms with Crippen LogP contribution >= 0.6 is 0 Å². The topological polar surface area (TPSA) is 18.5 Å². The highest BCUT2D eigenvalue weighted by molar-refractivity contribution is 6.64. The summed E-state index contributed by atoms with van der Waals surface area (Å²) < 4.78 is 143. The van der Waals surface area contributed by atoms with Crippen molar-refractivity contribution < 1.29 is 52.8 Å². The number of benzene rings is 2. The van der Waals surface area contributed by atoms with Crippen LogP contribution in [0, 0.1) is 58.2 Å². The lowest BCUT2D eigenvalue weighted by Crippen LogP contribution is -2.35. The average Bonchev–Trinajstić information content (AvgIpc) is 2.67. The smallest absolute Gasteiger partial charge is 0.332 e. The van der Waals surface area contributed by atoms with Gasteiger partial charge in [-0.25, -0.2) is 43.9 Å². The van der Waals surface area contributed by atoms with Crippen LogP contribution in [0.15, 0.2) is 0 Å². The van der Waals surface area contributed by atoms with Crippen molar-refractivity contribution in [3.05, 3.63) is 69.3 Å². The highest BCUT2D eigenvalue weighted by atomic mass is 28.4. The van der Waals surface area contributed by atoms with Gasteiger partial charge in [-0.3, -0.25) is 0 Å². The summed E-state index contributed by atoms with van der Waals surface area (Å²) in [6.07, 6.45) is 0. The van der Waals surface area contributed by atoms with Gasteiger partial charge in [-0.2, -0.15) is 0 Å². The molecule has 0 atom stereocenters. The molecule has 0 aromatic heterocycles. The van der Waals surface area contributed by atoms with E-state index in [0.29, 0.717) is 0 Å². The first-order chi connectivity index (χ1) is 13.3. The third-order valence-electron chi connectivity index (χ3n) is 3.73. The molecule has 0 saturated heterocycles. The first-order valence-corrected chi connectivity index (χ1v) is 10.4. The molecule has 0 spiro atoms. The first-order valence-electron chi connectivity index (χ1n) is 7.58. The fraction of sp³-hybridized carbons (Fsp3) is 0.250. The average molecular weight is 452 g/mol. The summed E-state index contributed by atoms with van der Waals surface area (Å²) in [6.45, 7) is -0.0413. The second kappa shape index (κ2) is 8.32. The summed E-state index contributed by atoms with van der Waals surface area (Å²) in [6, 6.07) is 0. The van der Waals surface area contributed by atoms with Crippen molar-refractivity contribution in [2.45, 2.75) is 26.3 Å². The summed E-state index contributed by atoms with van der Waals surface area (Å²) in [4.78, 5) is 0. The molecule has 13 heteroatoms. The number of halogens is 10. The Morgan fingerprint density at radius 2 is 0.655 bits per heavy atom. The van der Waals surface area contributed by atoms with Crippen molar-refractivity contribution in [3.63, 3.8) is 0 Å². The van der Waals surface area contributed by atoms with E-state index in [1.807, 2.05) is 0 Å². The molecule has 0 amide bonds. The van der Waals surface area contributed by atoms with Crippen molar-refractivity contribution in [3.8, 4) is 0 Å². The summed E-state index contributed by atoms with van der Waals surface area (Å²) >= 11 is 0. The zero-order valence-corrected chi connectivity index (χ0v) is 15.5. The van der Waals surface area contributed by atoms with Gasteiger partial charge < -0.3 is 8.85 Å². The standard InChI is InChI=1S/C16H10F10O2Si/c1-29(2,27-3-5-7(17)11(21)15(25)12(22)8(5)18)28-4-6-9(19)13(23)16(26)14(24)10(6)20/h3-4H2,1-2H3. The molecule has 0 heterocycles. The van der Waals surface area contributed by atoms with E-state index in [9.17, 15) is 43.9 Å². The van der Waals surface area contributed by atoms with Gasteiger partial charge in [0.15, 0.2) is 46.5 Å². The molecule has 160 valence electrons. The Hall–Kier alpha value is -2.12. The second-order valence-corrected chi connectivity index (χ2v) is 9.45. The monoisotopic (exact) mass is 452 g/mol. The number of hydrogen-bond donors (Lipinski definition) is 0. The molecular formula is C16H10F10O2Si. The zero-order valence-electron chi connectivity index (χ0n) is 14.5. The number of hydrogen-bond acceptors (Lipinski definition) is 2. The Morgan fingerprint density at radius 1 is 0.448 bits per heavy atom. The Labute approximate surface area is 157 Å². The molecule has 0 aliphatic carbocycles. The largest absolute Gasteiger partial charge is 0.390 e. The maximum absolute atomic E-state index is 13.6. The zero-order chi connectivity index (χ0) is 22.3. The van der Waals surface area contributed by atoms with Gasteiger partial charge >= 0.3 is 8.56 Å². The Morgan fingerprint density at radius 3 is 0.897 bits per heavy atom. The van der Waals surface area contributed by atoms with Gasteiger partial charge in [0.1, 0.15) is 0 Å². The van der Waals surface area contributed by atoms with Gasteiger partial charge in [0.05, 0.1) is 24.3 Å². The fourth-order valence-corrected chi connectivity index (χ4v) is 3.15. The van der Waals surface area contributed by atoms with Gasteiger partial charge in [0.25, 0.3) is 0 Å². The molecule has 2 rings (SSSR count). The van der Waals surface area contributed by atoms with Crippen LogP contribution < -0.4 is 0 Å². The van der Waals surface area contributed by atoms with Crippen LogP contribution in [0.4, 0.5) is 43.9 Å². The van der Waals surface area contributed by atoms with Crippen LogP contribution in [-0.4, -0.2) is 8.56 Å². The highest BCUT2D eigenvalue weighted by Gasteiger charge is 2.32. The van der Waals surface area contributed by atoms with Gasteiger partial charge in [0, 0.05) is 0 Å². The van der Waals surface area contributed by atoms with Gasteiger partial charge in [-0.05, 0) is 13.1 Å². The van der Waals surface area contributed by atoms with Crippen molar-refractivity contribution in [2.24, 2.45) is 0 Å². The predicted octanol–water partition coefficient (Wildman–Crippen LogP) is 5.51. The fourth-order valence-electron chi connectivity index (χ4n) is 2.09. The van der Waals surface area contributed by atoms with Crippen LogP contribution in [0.5, 0.6) is 0 Å². The van der Waals surface area contributed by atoms with E-state index < -0.39 is 91.1 Å². The quantitative estimate of drug-likeness (QED) is 0.249. The molecular weight excluding hydrogens is 442 g/mol. The van der Waals surface area contributed by atoms with Gasteiger partial charge in [-0.15, -0.1) is 0 Å². The molecule has 2 nitrogen and oxygen atoms in total. The lowest BCUT2D eigenvalue weighted by molar-refractivity contribution is 0.154. The molecule has 0 saturated carbocycles. The van der Waals surface area contributed by atoms with E-state index in [-0.39, 0.29) is 0 Å². The minimum atomic E-state index is -3.60. The minimum absolute atomic E-state index is 1.14. The van der Waals surface area contributed by atoms with Crippen molar-refractivity contribution in [1.82, 2.24) is 0 Å². The third kappa shape index (κ3) is 4.40. The molecule has 2 aromatic carbocycles. The van der Waals surface area contributed by atoms with Gasteiger partial charge in [-0.1, -0.05) is 0 Å². The molecule has 0 N–H and O–H groups in total. The molecule has 0 unspecified atom stereocenters. The van der Waals surface area contributed by atoms with Crippen LogP contribution in [0.3, 0.4) is 0 Å². The van der Waals surface area contributed by atoms with Crippen molar-refractivity contribution in [1.29, 1.82) is 0 Å². The second-order valence-electron chi connectivity index (χ2n) is 6.07. The van der Waals surface area contributed by atoms with E-state index in [0.717, 1.165) is 13.1 Å². The van der Waals surface area contributed by atoms with E-state index in [4.69, 9.17) is 8.85 Å². The molecule has 29 heavy (non-hydrogen) atoms. The Kier molecular flexibility index (Phi) is 6.64. The molecule has 0 aliphatic heterocycles. The van der Waals surface area contributed by atoms with E-state index >= 15 is 0 Å². The molecule has 0 aliphatic rings. The van der Waals surface area contributed by atoms with Crippen molar-refractivity contribution in [2.75, 3.05) is 0 Å². The first kappa shape index (κ1) is 23.2. The highest BCUT2D eigenvalue weighted by Crippen LogP contribution is 2.27. The van der Waals surface area contributed by atoms with Crippen molar-refractivity contribution >= 4 is 8.56 Å². The molecule has 2 aromatic rings. The third-order valence-corrected chi connectivity index (χ3v) is 5.41. The lowest BCUT2D eigenvalue weighted by Gasteiger charge is -2.23. The summed E-state index contributed by atoms with van der Waals surface area (Å²) in [5.41, 5.74) is -2.64. The predicted molar refractivity (Wildman–Crippen MR) is 79.5 cm³/mol. The lowest BCUT2D eigenvalue weighted by atomic mass is 10.2. The maximum Gasteiger partial charge on any atom is 0.332 e. The Balaban J connectivity index is 2.20. The molecule has 0 bridgehead atoms.